The van der Waals surface area contributed by atoms with Crippen LogP contribution in [0, 0.1) is 0 Å². The highest BCUT2D eigenvalue weighted by atomic mass is 32.2. The standard InChI is InChI=1S/C43H81NO5S/c1-3-5-7-9-11-13-15-17-19-20-21-22-23-25-26-28-30-32-34-36-38-42(45)41(40-50(47,48)49)44-43(46)39-37-35-33-31-29-27-24-18-16-14-12-10-8-6-4-2/h22-23,28,30,36,38,41-42,45H,3-21,24-27,29,31-35,37,39-40H2,1-2H3,(H,44,46)(H,47,48,49)/b23-22+,30-28+,38-36+. The fourth-order valence-electron chi connectivity index (χ4n) is 6.36. The van der Waals surface area contributed by atoms with Crippen LogP contribution < -0.4 is 5.32 Å². The zero-order valence-electron chi connectivity index (χ0n) is 32.8. The summed E-state index contributed by atoms with van der Waals surface area (Å²) in [7, 11) is -4.35. The molecular formula is C43H81NO5S. The number of rotatable bonds is 38. The molecule has 50 heavy (non-hydrogen) atoms. The molecule has 0 saturated carbocycles. The highest BCUT2D eigenvalue weighted by Gasteiger charge is 2.24. The Morgan fingerprint density at radius 1 is 0.520 bits per heavy atom. The van der Waals surface area contributed by atoms with Gasteiger partial charge in [-0.25, -0.2) is 0 Å². The van der Waals surface area contributed by atoms with Crippen molar-refractivity contribution in [2.75, 3.05) is 5.75 Å². The van der Waals surface area contributed by atoms with Gasteiger partial charge in [0, 0.05) is 6.42 Å². The molecule has 0 rings (SSSR count). The van der Waals surface area contributed by atoms with Crippen LogP contribution in [-0.2, 0) is 14.9 Å². The molecule has 0 bridgehead atoms. The molecule has 0 heterocycles. The van der Waals surface area contributed by atoms with Gasteiger partial charge in [-0.3, -0.25) is 9.35 Å². The Labute approximate surface area is 310 Å². The minimum Gasteiger partial charge on any atom is -0.387 e. The molecule has 294 valence electrons. The molecule has 0 aromatic rings. The van der Waals surface area contributed by atoms with Crippen molar-refractivity contribution in [1.29, 1.82) is 0 Å². The quantitative estimate of drug-likeness (QED) is 0.0334. The van der Waals surface area contributed by atoms with Gasteiger partial charge in [0.1, 0.15) is 0 Å². The average molecular weight is 724 g/mol. The summed E-state index contributed by atoms with van der Waals surface area (Å²) in [6, 6.07) is -1.08. The maximum atomic E-state index is 12.5. The summed E-state index contributed by atoms with van der Waals surface area (Å²) in [5.41, 5.74) is 0. The molecule has 0 aromatic carbocycles. The summed E-state index contributed by atoms with van der Waals surface area (Å²) in [6.07, 6.45) is 48.5. The molecule has 0 spiro atoms. The highest BCUT2D eigenvalue weighted by molar-refractivity contribution is 7.85. The number of allylic oxidation sites excluding steroid dienone is 5. The van der Waals surface area contributed by atoms with E-state index in [2.05, 4.69) is 43.5 Å². The summed E-state index contributed by atoms with van der Waals surface area (Å²) in [5, 5.41) is 13.2. The van der Waals surface area contributed by atoms with Gasteiger partial charge < -0.3 is 10.4 Å². The number of aliphatic hydroxyl groups excluding tert-OH is 1. The summed E-state index contributed by atoms with van der Waals surface area (Å²) < 4.78 is 32.5. The number of aliphatic hydroxyl groups is 1. The van der Waals surface area contributed by atoms with E-state index in [0.717, 1.165) is 38.5 Å². The van der Waals surface area contributed by atoms with E-state index in [9.17, 15) is 22.9 Å². The van der Waals surface area contributed by atoms with Crippen LogP contribution in [0.25, 0.3) is 0 Å². The summed E-state index contributed by atoms with van der Waals surface area (Å²) in [5.74, 6) is -1.00. The number of nitrogens with one attached hydrogen (secondary N) is 1. The van der Waals surface area contributed by atoms with Crippen LogP contribution in [-0.4, -0.2) is 41.9 Å². The first-order chi connectivity index (χ1) is 24.3. The van der Waals surface area contributed by atoms with Gasteiger partial charge in [0.05, 0.1) is 17.9 Å². The SMILES string of the molecule is CCCCCCCCCCCC/C=C/CC/C=C/CC/C=C/C(O)C(CS(=O)(=O)O)NC(=O)CCCCCCCCCCCCCCCCC. The fourth-order valence-corrected chi connectivity index (χ4v) is 7.10. The van der Waals surface area contributed by atoms with Crippen LogP contribution >= 0.6 is 0 Å². The number of carbonyl (C=O) groups is 1. The number of hydrogen-bond donors (Lipinski definition) is 3. The van der Waals surface area contributed by atoms with Crippen LogP contribution in [0.4, 0.5) is 0 Å². The van der Waals surface area contributed by atoms with Crippen LogP contribution in [0.15, 0.2) is 36.5 Å². The van der Waals surface area contributed by atoms with E-state index in [1.54, 1.807) is 6.08 Å². The van der Waals surface area contributed by atoms with Gasteiger partial charge >= 0.3 is 0 Å². The Morgan fingerprint density at radius 2 is 0.860 bits per heavy atom. The molecule has 2 atom stereocenters. The second-order valence-electron chi connectivity index (χ2n) is 14.6. The summed E-state index contributed by atoms with van der Waals surface area (Å²) in [6.45, 7) is 4.53. The topological polar surface area (TPSA) is 104 Å². The predicted octanol–water partition coefficient (Wildman–Crippen LogP) is 12.5. The third kappa shape index (κ3) is 37.8. The van der Waals surface area contributed by atoms with Gasteiger partial charge in [0.15, 0.2) is 0 Å². The number of unbranched alkanes of at least 4 members (excludes halogenated alkanes) is 26. The van der Waals surface area contributed by atoms with E-state index in [1.807, 2.05) is 0 Å². The molecule has 0 aliphatic carbocycles. The Bertz CT molecular complexity index is 930. The van der Waals surface area contributed by atoms with Gasteiger partial charge in [-0.1, -0.05) is 198 Å². The van der Waals surface area contributed by atoms with E-state index >= 15 is 0 Å². The first-order valence-electron chi connectivity index (χ1n) is 21.2. The molecular weight excluding hydrogens is 643 g/mol. The van der Waals surface area contributed by atoms with Gasteiger partial charge in [0.25, 0.3) is 10.1 Å². The molecule has 0 radical (unpaired) electrons. The maximum Gasteiger partial charge on any atom is 0.267 e. The van der Waals surface area contributed by atoms with Gasteiger partial charge in [-0.2, -0.15) is 8.42 Å². The molecule has 0 aliphatic rings. The van der Waals surface area contributed by atoms with Crippen molar-refractivity contribution in [3.05, 3.63) is 36.5 Å². The van der Waals surface area contributed by atoms with Crippen LogP contribution in [0.5, 0.6) is 0 Å². The molecule has 3 N–H and O–H groups in total. The Morgan fingerprint density at radius 3 is 1.26 bits per heavy atom. The smallest absolute Gasteiger partial charge is 0.267 e. The Hall–Kier alpha value is -1.44. The second-order valence-corrected chi connectivity index (χ2v) is 16.1. The lowest BCUT2D eigenvalue weighted by molar-refractivity contribution is -0.122. The summed E-state index contributed by atoms with van der Waals surface area (Å²) in [4.78, 5) is 12.5. The number of amides is 1. The molecule has 2 unspecified atom stereocenters. The zero-order chi connectivity index (χ0) is 36.8. The molecule has 0 fully saturated rings. The third-order valence-corrected chi connectivity index (χ3v) is 10.3. The van der Waals surface area contributed by atoms with E-state index < -0.39 is 28.0 Å². The first kappa shape index (κ1) is 48.6. The van der Waals surface area contributed by atoms with Gasteiger partial charge in [-0.05, 0) is 44.9 Å². The van der Waals surface area contributed by atoms with E-state index in [1.165, 1.54) is 154 Å². The minimum atomic E-state index is -4.35. The van der Waals surface area contributed by atoms with E-state index in [-0.39, 0.29) is 12.3 Å². The van der Waals surface area contributed by atoms with Crippen molar-refractivity contribution in [2.24, 2.45) is 0 Å². The van der Waals surface area contributed by atoms with E-state index in [4.69, 9.17) is 0 Å². The highest BCUT2D eigenvalue weighted by Crippen LogP contribution is 2.15. The molecule has 6 nitrogen and oxygen atoms in total. The Kier molecular flexibility index (Phi) is 36.2. The van der Waals surface area contributed by atoms with Crippen molar-refractivity contribution in [1.82, 2.24) is 5.32 Å². The third-order valence-electron chi connectivity index (χ3n) is 9.55. The fraction of sp³-hybridized carbons (Fsp3) is 0.837. The number of hydrogen-bond acceptors (Lipinski definition) is 4. The van der Waals surface area contributed by atoms with Crippen LogP contribution in [0.1, 0.15) is 213 Å². The molecule has 7 heteroatoms. The van der Waals surface area contributed by atoms with Crippen molar-refractivity contribution < 1.29 is 22.9 Å². The van der Waals surface area contributed by atoms with Crippen molar-refractivity contribution in [2.45, 2.75) is 225 Å². The molecule has 0 saturated heterocycles. The summed E-state index contributed by atoms with van der Waals surface area (Å²) >= 11 is 0. The lowest BCUT2D eigenvalue weighted by Crippen LogP contribution is -2.46. The van der Waals surface area contributed by atoms with Crippen LogP contribution in [0.3, 0.4) is 0 Å². The molecule has 0 aromatic heterocycles. The Balaban J connectivity index is 3.97. The maximum absolute atomic E-state index is 12.5. The van der Waals surface area contributed by atoms with Crippen molar-refractivity contribution in [3.8, 4) is 0 Å². The lowest BCUT2D eigenvalue weighted by atomic mass is 10.0. The first-order valence-corrected chi connectivity index (χ1v) is 22.8. The minimum absolute atomic E-state index is 0.288. The predicted molar refractivity (Wildman–Crippen MR) is 216 cm³/mol. The zero-order valence-corrected chi connectivity index (χ0v) is 33.6. The molecule has 0 aliphatic heterocycles. The van der Waals surface area contributed by atoms with Crippen LogP contribution in [0.2, 0.25) is 0 Å². The van der Waals surface area contributed by atoms with Gasteiger partial charge in [-0.15, -0.1) is 0 Å². The average Bonchev–Trinajstić information content (AvgIpc) is 3.08. The normalized spacial score (nSPS) is 13.6. The lowest BCUT2D eigenvalue weighted by Gasteiger charge is -2.21. The second kappa shape index (κ2) is 37.3. The number of carbonyl (C=O) groups excluding carboxylic acids is 1. The monoisotopic (exact) mass is 724 g/mol. The molecule has 1 amide bonds. The van der Waals surface area contributed by atoms with Crippen molar-refractivity contribution >= 4 is 16.0 Å². The largest absolute Gasteiger partial charge is 0.387 e. The van der Waals surface area contributed by atoms with Crippen molar-refractivity contribution in [3.63, 3.8) is 0 Å². The van der Waals surface area contributed by atoms with Gasteiger partial charge in [0.2, 0.25) is 5.91 Å². The van der Waals surface area contributed by atoms with E-state index in [0.29, 0.717) is 6.42 Å².